The molecule has 0 aliphatic carbocycles. The molecule has 152 valence electrons. The SMILES string of the molecule is CCCC(=O)NCCCc1nc2ccccc2n1CC(=O)Nc1ccc(C)cc1. The number of rotatable bonds is 9. The van der Waals surface area contributed by atoms with E-state index < -0.39 is 0 Å². The van der Waals surface area contributed by atoms with Gasteiger partial charge in [0.1, 0.15) is 12.4 Å². The fourth-order valence-electron chi connectivity index (χ4n) is 3.26. The van der Waals surface area contributed by atoms with Gasteiger partial charge in [-0.2, -0.15) is 0 Å². The molecular weight excluding hydrogens is 364 g/mol. The third-order valence-electron chi connectivity index (χ3n) is 4.75. The molecule has 0 aliphatic rings. The van der Waals surface area contributed by atoms with Gasteiger partial charge < -0.3 is 15.2 Å². The minimum absolute atomic E-state index is 0.0819. The molecule has 0 aliphatic heterocycles. The maximum atomic E-state index is 12.6. The second kappa shape index (κ2) is 9.87. The van der Waals surface area contributed by atoms with Gasteiger partial charge in [-0.05, 0) is 44.0 Å². The van der Waals surface area contributed by atoms with Gasteiger partial charge in [-0.25, -0.2) is 4.98 Å². The number of nitrogens with one attached hydrogen (secondary N) is 2. The number of carbonyl (C=O) groups excluding carboxylic acids is 2. The minimum atomic E-state index is -0.0884. The number of imidazole rings is 1. The fraction of sp³-hybridized carbons (Fsp3) is 0.348. The van der Waals surface area contributed by atoms with Crippen LogP contribution >= 0.6 is 0 Å². The number of nitrogens with zero attached hydrogens (tertiary/aromatic N) is 2. The highest BCUT2D eigenvalue weighted by molar-refractivity contribution is 5.91. The topological polar surface area (TPSA) is 76.0 Å². The number of benzene rings is 2. The van der Waals surface area contributed by atoms with Crippen LogP contribution in [0.2, 0.25) is 0 Å². The average Bonchev–Trinajstić information content (AvgIpc) is 3.05. The monoisotopic (exact) mass is 392 g/mol. The maximum absolute atomic E-state index is 12.6. The summed E-state index contributed by atoms with van der Waals surface area (Å²) < 4.78 is 1.97. The Kier molecular flexibility index (Phi) is 7.00. The standard InChI is InChI=1S/C23H28N4O2/c1-3-7-22(28)24-15-6-10-21-26-19-8-4-5-9-20(19)27(21)16-23(29)25-18-13-11-17(2)12-14-18/h4-5,8-9,11-14H,3,6-7,10,15-16H2,1-2H3,(H,24,28)(H,25,29). The number of para-hydroxylation sites is 2. The quantitative estimate of drug-likeness (QED) is 0.543. The van der Waals surface area contributed by atoms with Crippen molar-refractivity contribution in [2.45, 2.75) is 46.1 Å². The van der Waals surface area contributed by atoms with Gasteiger partial charge in [0.05, 0.1) is 11.0 Å². The van der Waals surface area contributed by atoms with Crippen molar-refractivity contribution < 1.29 is 9.59 Å². The van der Waals surface area contributed by atoms with Crippen molar-refractivity contribution in [3.8, 4) is 0 Å². The highest BCUT2D eigenvalue weighted by atomic mass is 16.2. The van der Waals surface area contributed by atoms with E-state index in [9.17, 15) is 9.59 Å². The molecule has 3 aromatic rings. The average molecular weight is 393 g/mol. The van der Waals surface area contributed by atoms with Crippen LogP contribution < -0.4 is 10.6 Å². The van der Waals surface area contributed by atoms with E-state index in [-0.39, 0.29) is 18.4 Å². The number of carbonyl (C=O) groups is 2. The van der Waals surface area contributed by atoms with Gasteiger partial charge in [0, 0.05) is 25.1 Å². The van der Waals surface area contributed by atoms with Crippen molar-refractivity contribution >= 4 is 28.5 Å². The molecule has 0 fully saturated rings. The van der Waals surface area contributed by atoms with Crippen LogP contribution in [0.1, 0.15) is 37.6 Å². The zero-order valence-electron chi connectivity index (χ0n) is 17.1. The summed E-state index contributed by atoms with van der Waals surface area (Å²) in [5, 5.41) is 5.88. The molecule has 0 spiro atoms. The van der Waals surface area contributed by atoms with Crippen molar-refractivity contribution in [2.24, 2.45) is 0 Å². The van der Waals surface area contributed by atoms with E-state index in [2.05, 4.69) is 10.6 Å². The first-order valence-electron chi connectivity index (χ1n) is 10.1. The van der Waals surface area contributed by atoms with E-state index >= 15 is 0 Å². The first kappa shape index (κ1) is 20.6. The predicted molar refractivity (Wildman–Crippen MR) is 116 cm³/mol. The normalized spacial score (nSPS) is 10.8. The van der Waals surface area contributed by atoms with Crippen LogP contribution in [0.3, 0.4) is 0 Å². The summed E-state index contributed by atoms with van der Waals surface area (Å²) in [5.74, 6) is 0.850. The predicted octanol–water partition coefficient (Wildman–Crippen LogP) is 3.83. The molecule has 0 bridgehead atoms. The number of aryl methyl sites for hydroxylation is 2. The number of hydrogen-bond acceptors (Lipinski definition) is 3. The summed E-state index contributed by atoms with van der Waals surface area (Å²) in [5.41, 5.74) is 3.75. The Bertz CT molecular complexity index is 976. The van der Waals surface area contributed by atoms with Crippen molar-refractivity contribution in [2.75, 3.05) is 11.9 Å². The molecule has 2 N–H and O–H groups in total. The number of aromatic nitrogens is 2. The van der Waals surface area contributed by atoms with Gasteiger partial charge in [0.25, 0.3) is 0 Å². The van der Waals surface area contributed by atoms with Crippen molar-refractivity contribution in [3.05, 3.63) is 59.9 Å². The largest absolute Gasteiger partial charge is 0.356 e. The van der Waals surface area contributed by atoms with Gasteiger partial charge in [-0.3, -0.25) is 9.59 Å². The van der Waals surface area contributed by atoms with E-state index in [1.165, 1.54) is 0 Å². The molecule has 6 heteroatoms. The van der Waals surface area contributed by atoms with E-state index in [1.807, 2.05) is 66.9 Å². The van der Waals surface area contributed by atoms with Crippen LogP contribution in [0.4, 0.5) is 5.69 Å². The number of hydrogen-bond donors (Lipinski definition) is 2. The molecule has 1 heterocycles. The molecule has 29 heavy (non-hydrogen) atoms. The van der Waals surface area contributed by atoms with Crippen LogP contribution in [-0.4, -0.2) is 27.9 Å². The fourth-order valence-corrected chi connectivity index (χ4v) is 3.26. The lowest BCUT2D eigenvalue weighted by Gasteiger charge is -2.11. The van der Waals surface area contributed by atoms with Crippen LogP contribution in [0.15, 0.2) is 48.5 Å². The molecule has 0 unspecified atom stereocenters. The molecule has 0 saturated heterocycles. The second-order valence-corrected chi connectivity index (χ2v) is 7.22. The van der Waals surface area contributed by atoms with Gasteiger partial charge in [0.2, 0.25) is 11.8 Å². The number of fused-ring (bicyclic) bond motifs is 1. The zero-order chi connectivity index (χ0) is 20.6. The van der Waals surface area contributed by atoms with Crippen molar-refractivity contribution in [3.63, 3.8) is 0 Å². The molecule has 2 aromatic carbocycles. The summed E-state index contributed by atoms with van der Waals surface area (Å²) in [4.78, 5) is 29.0. The van der Waals surface area contributed by atoms with Crippen LogP contribution in [0, 0.1) is 6.92 Å². The summed E-state index contributed by atoms with van der Waals surface area (Å²) in [6.07, 6.45) is 2.87. The summed E-state index contributed by atoms with van der Waals surface area (Å²) in [6.45, 7) is 4.81. The summed E-state index contributed by atoms with van der Waals surface area (Å²) in [7, 11) is 0. The van der Waals surface area contributed by atoms with Crippen molar-refractivity contribution in [1.29, 1.82) is 0 Å². The highest BCUT2D eigenvalue weighted by Gasteiger charge is 2.14. The molecule has 0 radical (unpaired) electrons. The molecule has 0 atom stereocenters. The smallest absolute Gasteiger partial charge is 0.244 e. The third kappa shape index (κ3) is 5.67. The Morgan fingerprint density at radius 1 is 1.03 bits per heavy atom. The van der Waals surface area contributed by atoms with E-state index in [0.29, 0.717) is 19.4 Å². The zero-order valence-corrected chi connectivity index (χ0v) is 17.1. The minimum Gasteiger partial charge on any atom is -0.356 e. The maximum Gasteiger partial charge on any atom is 0.244 e. The van der Waals surface area contributed by atoms with Crippen molar-refractivity contribution in [1.82, 2.24) is 14.9 Å². The number of anilines is 1. The Balaban J connectivity index is 1.68. The molecule has 6 nitrogen and oxygen atoms in total. The van der Waals surface area contributed by atoms with E-state index in [4.69, 9.17) is 4.98 Å². The molecule has 1 aromatic heterocycles. The summed E-state index contributed by atoms with van der Waals surface area (Å²) >= 11 is 0. The third-order valence-corrected chi connectivity index (χ3v) is 4.75. The number of amides is 2. The van der Waals surface area contributed by atoms with E-state index in [0.717, 1.165) is 41.0 Å². The first-order valence-corrected chi connectivity index (χ1v) is 10.1. The van der Waals surface area contributed by atoms with Gasteiger partial charge in [0.15, 0.2) is 0 Å². The highest BCUT2D eigenvalue weighted by Crippen LogP contribution is 2.18. The molecular formula is C23H28N4O2. The molecule has 0 saturated carbocycles. The summed E-state index contributed by atoms with van der Waals surface area (Å²) in [6, 6.07) is 15.6. The molecule has 3 rings (SSSR count). The van der Waals surface area contributed by atoms with Crippen LogP contribution in [0.5, 0.6) is 0 Å². The van der Waals surface area contributed by atoms with Gasteiger partial charge in [-0.15, -0.1) is 0 Å². The Hall–Kier alpha value is -3.15. The lowest BCUT2D eigenvalue weighted by Crippen LogP contribution is -2.25. The Labute approximate surface area is 171 Å². The lowest BCUT2D eigenvalue weighted by atomic mass is 10.2. The van der Waals surface area contributed by atoms with Crippen LogP contribution in [-0.2, 0) is 22.6 Å². The Morgan fingerprint density at radius 3 is 2.55 bits per heavy atom. The first-order chi connectivity index (χ1) is 14.1. The van der Waals surface area contributed by atoms with Gasteiger partial charge in [-0.1, -0.05) is 36.8 Å². The molecule has 2 amide bonds. The lowest BCUT2D eigenvalue weighted by molar-refractivity contribution is -0.121. The Morgan fingerprint density at radius 2 is 1.79 bits per heavy atom. The van der Waals surface area contributed by atoms with Crippen LogP contribution in [0.25, 0.3) is 11.0 Å². The second-order valence-electron chi connectivity index (χ2n) is 7.22. The van der Waals surface area contributed by atoms with E-state index in [1.54, 1.807) is 0 Å². The van der Waals surface area contributed by atoms with Gasteiger partial charge >= 0.3 is 0 Å².